The van der Waals surface area contributed by atoms with E-state index >= 15 is 0 Å². The lowest BCUT2D eigenvalue weighted by Gasteiger charge is -2.28. The molecule has 4 heteroatoms. The van der Waals surface area contributed by atoms with Gasteiger partial charge in [0.05, 0.1) is 11.7 Å². The summed E-state index contributed by atoms with van der Waals surface area (Å²) in [5.74, 6) is 0.500. The summed E-state index contributed by atoms with van der Waals surface area (Å²) < 4.78 is 11.2. The minimum absolute atomic E-state index is 0.114. The van der Waals surface area contributed by atoms with Crippen molar-refractivity contribution >= 4 is 5.97 Å². The summed E-state index contributed by atoms with van der Waals surface area (Å²) in [5, 5.41) is 0. The van der Waals surface area contributed by atoms with Crippen LogP contribution < -0.4 is 4.74 Å². The van der Waals surface area contributed by atoms with Gasteiger partial charge in [0.15, 0.2) is 0 Å². The number of carbonyl (C=O) groups is 1. The quantitative estimate of drug-likeness (QED) is 0.754. The number of benzene rings is 1. The van der Waals surface area contributed by atoms with Gasteiger partial charge in [0.25, 0.3) is 0 Å². The van der Waals surface area contributed by atoms with E-state index in [0.29, 0.717) is 5.56 Å². The molecular weight excluding hydrogens is 278 g/mol. The van der Waals surface area contributed by atoms with Crippen molar-refractivity contribution in [1.82, 2.24) is 4.90 Å². The van der Waals surface area contributed by atoms with E-state index in [1.165, 1.54) is 12.8 Å². The average Bonchev–Trinajstić information content (AvgIpc) is 3.00. The van der Waals surface area contributed by atoms with Crippen LogP contribution in [0.5, 0.6) is 5.75 Å². The minimum Gasteiger partial charge on any atom is -0.491 e. The highest BCUT2D eigenvalue weighted by molar-refractivity contribution is 5.89. The highest BCUT2D eigenvalue weighted by Gasteiger charge is 2.25. The van der Waals surface area contributed by atoms with Crippen LogP contribution in [0.4, 0.5) is 0 Å². The molecule has 2 unspecified atom stereocenters. The van der Waals surface area contributed by atoms with E-state index in [1.807, 2.05) is 32.9 Å². The molecule has 0 spiro atoms. The number of carbonyl (C=O) groups excluding carboxylic acids is 1. The molecule has 0 radical (unpaired) electrons. The van der Waals surface area contributed by atoms with E-state index in [1.54, 1.807) is 12.1 Å². The number of hydrogen-bond donors (Lipinski definition) is 0. The molecule has 22 heavy (non-hydrogen) atoms. The minimum atomic E-state index is -0.269. The van der Waals surface area contributed by atoms with Crippen molar-refractivity contribution in [3.8, 4) is 5.75 Å². The maximum absolute atomic E-state index is 12.2. The van der Waals surface area contributed by atoms with Crippen LogP contribution in [0.15, 0.2) is 24.3 Å². The Morgan fingerprint density at radius 3 is 2.18 bits per heavy atom. The Balaban J connectivity index is 1.90. The summed E-state index contributed by atoms with van der Waals surface area (Å²) >= 11 is 0. The van der Waals surface area contributed by atoms with Crippen LogP contribution in [-0.2, 0) is 4.74 Å². The number of likely N-dealkylation sites (tertiary alicyclic amines) is 1. The van der Waals surface area contributed by atoms with Gasteiger partial charge in [-0.1, -0.05) is 0 Å². The molecule has 4 nitrogen and oxygen atoms in total. The van der Waals surface area contributed by atoms with Gasteiger partial charge in [0.1, 0.15) is 11.9 Å². The highest BCUT2D eigenvalue weighted by Crippen LogP contribution is 2.18. The molecule has 0 amide bonds. The van der Waals surface area contributed by atoms with Crippen molar-refractivity contribution in [2.24, 2.45) is 0 Å². The fourth-order valence-electron chi connectivity index (χ4n) is 2.72. The Morgan fingerprint density at radius 2 is 1.64 bits per heavy atom. The first kappa shape index (κ1) is 16.8. The van der Waals surface area contributed by atoms with E-state index in [0.717, 1.165) is 18.8 Å². The average molecular weight is 305 g/mol. The zero-order valence-electron chi connectivity index (χ0n) is 14.0. The van der Waals surface area contributed by atoms with Crippen LogP contribution in [0.1, 0.15) is 50.9 Å². The van der Waals surface area contributed by atoms with Crippen LogP contribution in [0.25, 0.3) is 0 Å². The number of esters is 1. The van der Waals surface area contributed by atoms with Gasteiger partial charge < -0.3 is 9.47 Å². The smallest absolute Gasteiger partial charge is 0.338 e. The first-order valence-electron chi connectivity index (χ1n) is 8.19. The first-order valence-corrected chi connectivity index (χ1v) is 8.19. The molecule has 1 aliphatic rings. The zero-order chi connectivity index (χ0) is 16.1. The van der Waals surface area contributed by atoms with E-state index < -0.39 is 0 Å². The van der Waals surface area contributed by atoms with Crippen LogP contribution in [-0.4, -0.2) is 42.2 Å². The summed E-state index contributed by atoms with van der Waals surface area (Å²) in [4.78, 5) is 14.6. The van der Waals surface area contributed by atoms with E-state index in [4.69, 9.17) is 9.47 Å². The van der Waals surface area contributed by atoms with Crippen molar-refractivity contribution in [2.45, 2.75) is 58.8 Å². The SMILES string of the molecule is CC(C)Oc1ccc(C(=O)OC(C)C(C)N2CCCC2)cc1. The van der Waals surface area contributed by atoms with Gasteiger partial charge in [-0.15, -0.1) is 0 Å². The van der Waals surface area contributed by atoms with Gasteiger partial charge in [-0.25, -0.2) is 4.79 Å². The number of nitrogens with zero attached hydrogens (tertiary/aromatic N) is 1. The molecule has 0 aliphatic carbocycles. The Hall–Kier alpha value is -1.55. The van der Waals surface area contributed by atoms with Crippen molar-refractivity contribution in [3.05, 3.63) is 29.8 Å². The molecule has 0 aromatic heterocycles. The van der Waals surface area contributed by atoms with Crippen LogP contribution in [0, 0.1) is 0 Å². The van der Waals surface area contributed by atoms with Gasteiger partial charge >= 0.3 is 5.97 Å². The van der Waals surface area contributed by atoms with Gasteiger partial charge in [-0.05, 0) is 77.9 Å². The summed E-state index contributed by atoms with van der Waals surface area (Å²) in [6.07, 6.45) is 2.49. The van der Waals surface area contributed by atoms with Gasteiger partial charge in [0, 0.05) is 6.04 Å². The topological polar surface area (TPSA) is 38.8 Å². The second-order valence-corrected chi connectivity index (χ2v) is 6.29. The second-order valence-electron chi connectivity index (χ2n) is 6.29. The van der Waals surface area contributed by atoms with Crippen molar-refractivity contribution < 1.29 is 14.3 Å². The fourth-order valence-corrected chi connectivity index (χ4v) is 2.72. The second kappa shape index (κ2) is 7.63. The van der Waals surface area contributed by atoms with Crippen molar-refractivity contribution in [2.75, 3.05) is 13.1 Å². The maximum Gasteiger partial charge on any atom is 0.338 e. The molecule has 0 bridgehead atoms. The lowest BCUT2D eigenvalue weighted by atomic mass is 10.1. The maximum atomic E-state index is 12.2. The zero-order valence-corrected chi connectivity index (χ0v) is 14.0. The summed E-state index contributed by atoms with van der Waals surface area (Å²) in [6, 6.07) is 7.40. The normalized spacial score (nSPS) is 18.2. The predicted octanol–water partition coefficient (Wildman–Crippen LogP) is 3.50. The van der Waals surface area contributed by atoms with Crippen molar-refractivity contribution in [3.63, 3.8) is 0 Å². The third-order valence-corrected chi connectivity index (χ3v) is 4.15. The van der Waals surface area contributed by atoms with Crippen LogP contribution >= 0.6 is 0 Å². The van der Waals surface area contributed by atoms with Gasteiger partial charge in [-0.3, -0.25) is 4.90 Å². The van der Waals surface area contributed by atoms with Gasteiger partial charge in [0.2, 0.25) is 0 Å². The first-order chi connectivity index (χ1) is 10.5. The Bertz CT molecular complexity index is 478. The molecular formula is C18H27NO3. The molecule has 0 saturated carbocycles. The Labute approximate surface area is 133 Å². The molecule has 2 atom stereocenters. The summed E-state index contributed by atoms with van der Waals surface area (Å²) in [5.41, 5.74) is 0.566. The Morgan fingerprint density at radius 1 is 1.05 bits per heavy atom. The lowest BCUT2D eigenvalue weighted by Crippen LogP contribution is -2.40. The Kier molecular flexibility index (Phi) is 5.83. The van der Waals surface area contributed by atoms with E-state index in [-0.39, 0.29) is 24.2 Å². The van der Waals surface area contributed by atoms with Crippen LogP contribution in [0.3, 0.4) is 0 Å². The molecule has 1 saturated heterocycles. The largest absolute Gasteiger partial charge is 0.491 e. The molecule has 1 fully saturated rings. The predicted molar refractivity (Wildman–Crippen MR) is 87.4 cm³/mol. The fraction of sp³-hybridized carbons (Fsp3) is 0.611. The molecule has 122 valence electrons. The van der Waals surface area contributed by atoms with Crippen molar-refractivity contribution in [1.29, 1.82) is 0 Å². The van der Waals surface area contributed by atoms with Gasteiger partial charge in [-0.2, -0.15) is 0 Å². The molecule has 2 rings (SSSR count). The standard InChI is InChI=1S/C18H27NO3/c1-13(2)21-17-9-7-16(8-10-17)18(20)22-15(4)14(3)19-11-5-6-12-19/h7-10,13-15H,5-6,11-12H2,1-4H3. The number of ether oxygens (including phenoxy) is 2. The highest BCUT2D eigenvalue weighted by atomic mass is 16.5. The molecule has 1 aliphatic heterocycles. The molecule has 1 aromatic carbocycles. The molecule has 0 N–H and O–H groups in total. The molecule has 1 aromatic rings. The third kappa shape index (κ3) is 4.47. The number of hydrogen-bond acceptors (Lipinski definition) is 4. The lowest BCUT2D eigenvalue weighted by molar-refractivity contribution is 0.0121. The summed E-state index contributed by atoms with van der Waals surface area (Å²) in [6.45, 7) is 10.3. The van der Waals surface area contributed by atoms with E-state index in [2.05, 4.69) is 11.8 Å². The van der Waals surface area contributed by atoms with Crippen LogP contribution in [0.2, 0.25) is 0 Å². The monoisotopic (exact) mass is 305 g/mol. The molecule has 1 heterocycles. The van der Waals surface area contributed by atoms with E-state index in [9.17, 15) is 4.79 Å². The third-order valence-electron chi connectivity index (χ3n) is 4.15. The number of rotatable bonds is 6. The summed E-state index contributed by atoms with van der Waals surface area (Å²) in [7, 11) is 0.